The maximum absolute atomic E-state index is 15.0. The molecule has 1 heterocycles. The minimum Gasteiger partial charge on any atom is -0.444 e. The van der Waals surface area contributed by atoms with E-state index in [-0.39, 0.29) is 34.9 Å². The zero-order chi connectivity index (χ0) is 29.9. The molecular weight excluding hydrogens is 552 g/mol. The molecule has 10 heteroatoms. The van der Waals surface area contributed by atoms with Gasteiger partial charge in [0.05, 0.1) is 24.7 Å². The fraction of sp³-hybridized carbons (Fsp3) is 0.258. The summed E-state index contributed by atoms with van der Waals surface area (Å²) in [6, 6.07) is 17.5. The average Bonchev–Trinajstić information content (AvgIpc) is 2.90. The molecule has 0 spiro atoms. The molecule has 0 aliphatic carbocycles. The van der Waals surface area contributed by atoms with Gasteiger partial charge in [-0.2, -0.15) is 0 Å². The zero-order valence-electron chi connectivity index (χ0n) is 23.1. The Kier molecular flexibility index (Phi) is 8.77. The van der Waals surface area contributed by atoms with Gasteiger partial charge in [-0.15, -0.1) is 0 Å². The van der Waals surface area contributed by atoms with Crippen LogP contribution in [-0.4, -0.2) is 20.8 Å². The van der Waals surface area contributed by atoms with E-state index >= 15 is 4.39 Å². The van der Waals surface area contributed by atoms with Crippen molar-refractivity contribution in [3.05, 3.63) is 127 Å². The van der Waals surface area contributed by atoms with Crippen LogP contribution in [0.25, 0.3) is 11.1 Å². The molecule has 0 aliphatic rings. The van der Waals surface area contributed by atoms with Crippen LogP contribution in [0.3, 0.4) is 0 Å². The maximum Gasteiger partial charge on any atom is 0.408 e. The highest BCUT2D eigenvalue weighted by atomic mass is 35.5. The number of nitrogens with zero attached hydrogens (tertiary/aromatic N) is 2. The minimum absolute atomic E-state index is 0.0130. The fourth-order valence-corrected chi connectivity index (χ4v) is 4.72. The Morgan fingerprint density at radius 2 is 1.63 bits per heavy atom. The largest absolute Gasteiger partial charge is 0.444 e. The van der Waals surface area contributed by atoms with Gasteiger partial charge in [0.1, 0.15) is 17.2 Å². The molecule has 1 aromatic heterocycles. The molecule has 0 unspecified atom stereocenters. The van der Waals surface area contributed by atoms with Gasteiger partial charge in [0.2, 0.25) is 0 Å². The second-order valence-electron chi connectivity index (χ2n) is 10.6. The number of rotatable bonds is 7. The summed E-state index contributed by atoms with van der Waals surface area (Å²) >= 11 is 6.27. The van der Waals surface area contributed by atoms with E-state index in [0.717, 1.165) is 10.6 Å². The minimum atomic E-state index is -0.851. The van der Waals surface area contributed by atoms with Crippen LogP contribution in [0, 0.1) is 18.6 Å². The van der Waals surface area contributed by atoms with E-state index in [0.29, 0.717) is 11.1 Å². The van der Waals surface area contributed by atoms with Gasteiger partial charge < -0.3 is 10.1 Å². The van der Waals surface area contributed by atoms with E-state index in [1.54, 1.807) is 64.1 Å². The van der Waals surface area contributed by atoms with Crippen LogP contribution in [0.4, 0.5) is 13.6 Å². The van der Waals surface area contributed by atoms with Crippen molar-refractivity contribution in [1.29, 1.82) is 0 Å². The average molecular weight is 582 g/mol. The Morgan fingerprint density at radius 3 is 2.27 bits per heavy atom. The van der Waals surface area contributed by atoms with E-state index in [9.17, 15) is 18.8 Å². The van der Waals surface area contributed by atoms with E-state index in [4.69, 9.17) is 16.3 Å². The molecule has 0 fully saturated rings. The normalized spacial score (nSPS) is 12.2. The first-order chi connectivity index (χ1) is 19.4. The number of alkyl carbamates (subject to hydrolysis) is 1. The summed E-state index contributed by atoms with van der Waals surface area (Å²) in [4.78, 5) is 40.6. The first kappa shape index (κ1) is 29.7. The molecule has 0 bridgehead atoms. The summed E-state index contributed by atoms with van der Waals surface area (Å²) in [5.41, 5.74) is -0.987. The van der Waals surface area contributed by atoms with Crippen molar-refractivity contribution < 1.29 is 18.3 Å². The smallest absolute Gasteiger partial charge is 0.408 e. The van der Waals surface area contributed by atoms with Crippen molar-refractivity contribution in [3.8, 4) is 11.1 Å². The Hall–Kier alpha value is -4.24. The number of hydrogen-bond donors (Lipinski definition) is 1. The van der Waals surface area contributed by atoms with Crippen LogP contribution in [0.15, 0.2) is 82.4 Å². The van der Waals surface area contributed by atoms with Crippen LogP contribution in [0.5, 0.6) is 0 Å². The molecule has 4 aromatic rings. The second-order valence-corrected chi connectivity index (χ2v) is 11.0. The fourth-order valence-electron chi connectivity index (χ4n) is 4.49. The first-order valence-electron chi connectivity index (χ1n) is 12.9. The van der Waals surface area contributed by atoms with Crippen molar-refractivity contribution >= 4 is 17.7 Å². The SMILES string of the molecule is Cc1c(-c2ccccc2F)c(=O)n(C[C@H](NC(=O)OC(C)(C)C)c2ccccc2)c(=O)n1Cc1ccc(F)cc1Cl. The molecule has 0 saturated carbocycles. The molecule has 0 aliphatic heterocycles. The van der Waals surface area contributed by atoms with Gasteiger partial charge in [-0.05, 0) is 57.0 Å². The van der Waals surface area contributed by atoms with E-state index in [2.05, 4.69) is 5.32 Å². The predicted molar refractivity (Wildman–Crippen MR) is 154 cm³/mol. The van der Waals surface area contributed by atoms with Gasteiger partial charge in [0.15, 0.2) is 0 Å². The third-order valence-corrected chi connectivity index (χ3v) is 6.78. The Morgan fingerprint density at radius 1 is 0.976 bits per heavy atom. The van der Waals surface area contributed by atoms with Crippen molar-refractivity contribution in [3.63, 3.8) is 0 Å². The second kappa shape index (κ2) is 12.1. The third kappa shape index (κ3) is 6.92. The number of aromatic nitrogens is 2. The van der Waals surface area contributed by atoms with E-state index in [1.807, 2.05) is 0 Å². The molecule has 1 amide bonds. The molecule has 1 N–H and O–H groups in total. The van der Waals surface area contributed by atoms with Gasteiger partial charge in [-0.3, -0.25) is 13.9 Å². The predicted octanol–water partition coefficient (Wildman–Crippen LogP) is 6.23. The first-order valence-corrected chi connectivity index (χ1v) is 13.3. The Bertz CT molecular complexity index is 1690. The lowest BCUT2D eigenvalue weighted by Gasteiger charge is -2.25. The lowest BCUT2D eigenvalue weighted by Crippen LogP contribution is -2.46. The lowest BCUT2D eigenvalue weighted by atomic mass is 10.0. The number of halogens is 3. The number of hydrogen-bond acceptors (Lipinski definition) is 4. The Balaban J connectivity index is 1.91. The van der Waals surface area contributed by atoms with E-state index < -0.39 is 40.6 Å². The quantitative estimate of drug-likeness (QED) is 0.280. The van der Waals surface area contributed by atoms with Gasteiger partial charge in [-0.25, -0.2) is 18.4 Å². The van der Waals surface area contributed by atoms with Crippen molar-refractivity contribution in [1.82, 2.24) is 14.5 Å². The van der Waals surface area contributed by atoms with Gasteiger partial charge in [-0.1, -0.05) is 66.2 Å². The molecule has 3 aromatic carbocycles. The number of nitrogens with one attached hydrogen (secondary N) is 1. The van der Waals surface area contributed by atoms with Gasteiger partial charge >= 0.3 is 11.8 Å². The Labute approximate surface area is 241 Å². The molecule has 0 radical (unpaired) electrons. The van der Waals surface area contributed by atoms with Crippen molar-refractivity contribution in [2.24, 2.45) is 0 Å². The molecule has 41 heavy (non-hydrogen) atoms. The summed E-state index contributed by atoms with van der Waals surface area (Å²) in [7, 11) is 0. The highest BCUT2D eigenvalue weighted by molar-refractivity contribution is 6.31. The summed E-state index contributed by atoms with van der Waals surface area (Å²) in [5, 5.41) is 2.85. The molecule has 0 saturated heterocycles. The summed E-state index contributed by atoms with van der Waals surface area (Å²) in [6.07, 6.45) is -0.737. The summed E-state index contributed by atoms with van der Waals surface area (Å²) in [5.74, 6) is -1.19. The van der Waals surface area contributed by atoms with Crippen molar-refractivity contribution in [2.45, 2.75) is 52.4 Å². The number of carbonyl (C=O) groups is 1. The number of ether oxygens (including phenoxy) is 1. The van der Waals surface area contributed by atoms with Crippen LogP contribution in [-0.2, 0) is 17.8 Å². The number of amides is 1. The van der Waals surface area contributed by atoms with Gasteiger partial charge in [0.25, 0.3) is 5.56 Å². The topological polar surface area (TPSA) is 82.3 Å². The highest BCUT2D eigenvalue weighted by Gasteiger charge is 2.25. The summed E-state index contributed by atoms with van der Waals surface area (Å²) < 4.78 is 36.4. The summed E-state index contributed by atoms with van der Waals surface area (Å²) in [6.45, 7) is 6.30. The standard InChI is InChI=1S/C31H30ClF2N3O4/c1-19-27(23-12-8-9-13-25(23)34)28(38)37(30(40)36(19)17-21-14-15-22(33)16-24(21)32)18-26(20-10-6-5-7-11-20)35-29(39)41-31(2,3)4/h5-16,26H,17-18H2,1-4H3,(H,35,39)/t26-/m0/s1. The zero-order valence-corrected chi connectivity index (χ0v) is 23.8. The van der Waals surface area contributed by atoms with Gasteiger partial charge in [0, 0.05) is 16.3 Å². The molecule has 4 rings (SSSR count). The van der Waals surface area contributed by atoms with E-state index in [1.165, 1.54) is 34.9 Å². The highest BCUT2D eigenvalue weighted by Crippen LogP contribution is 2.25. The van der Waals surface area contributed by atoms with Crippen LogP contribution in [0.2, 0.25) is 5.02 Å². The van der Waals surface area contributed by atoms with Crippen LogP contribution >= 0.6 is 11.6 Å². The monoisotopic (exact) mass is 581 g/mol. The lowest BCUT2D eigenvalue weighted by molar-refractivity contribution is 0.0497. The number of benzene rings is 3. The molecule has 7 nitrogen and oxygen atoms in total. The number of carbonyl (C=O) groups excluding carboxylic acids is 1. The molecular formula is C31H30ClF2N3O4. The van der Waals surface area contributed by atoms with Crippen LogP contribution in [0.1, 0.15) is 43.6 Å². The maximum atomic E-state index is 15.0. The third-order valence-electron chi connectivity index (χ3n) is 6.43. The molecule has 1 atom stereocenters. The van der Waals surface area contributed by atoms with Crippen LogP contribution < -0.4 is 16.6 Å². The molecule has 214 valence electrons. The van der Waals surface area contributed by atoms with Crippen molar-refractivity contribution in [2.75, 3.05) is 0 Å².